The first-order valence-corrected chi connectivity index (χ1v) is 12.1. The lowest BCUT2D eigenvalue weighted by Gasteiger charge is -2.41. The zero-order valence-corrected chi connectivity index (χ0v) is 20.2. The second kappa shape index (κ2) is 11.2. The molecule has 10 heteroatoms. The summed E-state index contributed by atoms with van der Waals surface area (Å²) < 4.78 is 13.2. The number of para-hydroxylation sites is 1. The fraction of sp³-hybridized carbons (Fsp3) is 0.480. The van der Waals surface area contributed by atoms with Gasteiger partial charge in [0, 0.05) is 25.1 Å². The number of methoxy groups -OCH3 is 1. The smallest absolute Gasteiger partial charge is 0.311 e. The first-order valence-electron chi connectivity index (χ1n) is 12.1. The number of hydrogen-bond acceptors (Lipinski definition) is 8. The third-order valence-corrected chi connectivity index (χ3v) is 6.44. The van der Waals surface area contributed by atoms with Crippen molar-refractivity contribution in [3.05, 3.63) is 42.5 Å². The van der Waals surface area contributed by atoms with Gasteiger partial charge in [0.2, 0.25) is 5.91 Å². The summed E-state index contributed by atoms with van der Waals surface area (Å²) in [6, 6.07) is 7.17. The van der Waals surface area contributed by atoms with Gasteiger partial charge in [-0.05, 0) is 25.3 Å². The van der Waals surface area contributed by atoms with Crippen molar-refractivity contribution < 1.29 is 19.1 Å². The highest BCUT2D eigenvalue weighted by Crippen LogP contribution is 2.41. The Bertz CT molecular complexity index is 1180. The van der Waals surface area contributed by atoms with Crippen molar-refractivity contribution in [2.24, 2.45) is 5.92 Å². The Labute approximate surface area is 204 Å². The topological polar surface area (TPSA) is 125 Å². The van der Waals surface area contributed by atoms with Crippen molar-refractivity contribution in [2.45, 2.75) is 51.6 Å². The van der Waals surface area contributed by atoms with Crippen LogP contribution in [0.1, 0.15) is 50.6 Å². The van der Waals surface area contributed by atoms with E-state index in [2.05, 4.69) is 21.9 Å². The molecule has 0 bridgehead atoms. The molecule has 1 aliphatic heterocycles. The van der Waals surface area contributed by atoms with Crippen LogP contribution >= 0.6 is 0 Å². The highest BCUT2D eigenvalue weighted by Gasteiger charge is 2.42. The molecule has 0 saturated carbocycles. The van der Waals surface area contributed by atoms with Crippen LogP contribution in [0.2, 0.25) is 0 Å². The number of esters is 1. The van der Waals surface area contributed by atoms with Crippen LogP contribution < -0.4 is 10.5 Å². The number of aromatic nitrogens is 4. The minimum atomic E-state index is -0.456. The van der Waals surface area contributed by atoms with Crippen LogP contribution in [-0.4, -0.2) is 56.6 Å². The van der Waals surface area contributed by atoms with E-state index in [1.54, 1.807) is 13.4 Å². The number of rotatable bonds is 10. The second-order valence-electron chi connectivity index (χ2n) is 8.66. The first-order chi connectivity index (χ1) is 17.0. The van der Waals surface area contributed by atoms with Crippen molar-refractivity contribution in [2.75, 3.05) is 26.0 Å². The minimum Gasteiger partial charge on any atom is -0.496 e. The molecule has 1 saturated heterocycles. The number of piperidine rings is 1. The molecule has 10 nitrogen and oxygen atoms in total. The molecular weight excluding hydrogens is 448 g/mol. The van der Waals surface area contributed by atoms with Crippen molar-refractivity contribution in [1.82, 2.24) is 24.4 Å². The predicted octanol–water partition coefficient (Wildman–Crippen LogP) is 3.13. The summed E-state index contributed by atoms with van der Waals surface area (Å²) in [4.78, 5) is 40.4. The number of benzene rings is 1. The quantitative estimate of drug-likeness (QED) is 0.347. The lowest BCUT2D eigenvalue weighted by atomic mass is 9.83. The van der Waals surface area contributed by atoms with Crippen LogP contribution in [0.25, 0.3) is 11.2 Å². The molecule has 1 aromatic carbocycles. The molecule has 0 spiro atoms. The molecule has 0 radical (unpaired) electrons. The van der Waals surface area contributed by atoms with Crippen LogP contribution in [0.15, 0.2) is 36.9 Å². The third-order valence-electron chi connectivity index (χ3n) is 6.44. The van der Waals surface area contributed by atoms with Crippen molar-refractivity contribution in [3.63, 3.8) is 0 Å². The largest absolute Gasteiger partial charge is 0.496 e. The van der Waals surface area contributed by atoms with Crippen molar-refractivity contribution in [3.8, 4) is 5.75 Å². The van der Waals surface area contributed by atoms with Crippen LogP contribution in [0.3, 0.4) is 0 Å². The molecule has 1 fully saturated rings. The van der Waals surface area contributed by atoms with E-state index in [4.69, 9.17) is 15.2 Å². The van der Waals surface area contributed by atoms with E-state index in [1.807, 2.05) is 33.7 Å². The summed E-state index contributed by atoms with van der Waals surface area (Å²) in [7, 11) is 1.60. The first kappa shape index (κ1) is 24.4. The number of fused-ring (bicyclic) bond motifs is 1. The van der Waals surface area contributed by atoms with Crippen molar-refractivity contribution in [1.29, 1.82) is 0 Å². The number of carbonyl (C=O) groups is 2. The van der Waals surface area contributed by atoms with E-state index in [1.165, 1.54) is 6.33 Å². The van der Waals surface area contributed by atoms with E-state index < -0.39 is 12.0 Å². The minimum absolute atomic E-state index is 0.0617. The van der Waals surface area contributed by atoms with Crippen LogP contribution in [0, 0.1) is 5.92 Å². The molecule has 2 unspecified atom stereocenters. The summed E-state index contributed by atoms with van der Waals surface area (Å²) in [5.74, 6) is 0.313. The number of carbonyl (C=O) groups excluding carboxylic acids is 2. The fourth-order valence-electron chi connectivity index (χ4n) is 4.66. The van der Waals surface area contributed by atoms with Gasteiger partial charge in [0.25, 0.3) is 0 Å². The zero-order valence-electron chi connectivity index (χ0n) is 20.2. The maximum absolute atomic E-state index is 13.3. The molecule has 4 rings (SSSR count). The van der Waals surface area contributed by atoms with Gasteiger partial charge in [0.15, 0.2) is 11.5 Å². The summed E-state index contributed by atoms with van der Waals surface area (Å²) in [6.45, 7) is 3.50. The average molecular weight is 481 g/mol. The van der Waals surface area contributed by atoms with E-state index >= 15 is 0 Å². The number of imidazole rings is 1. The predicted molar refractivity (Wildman–Crippen MR) is 130 cm³/mol. The van der Waals surface area contributed by atoms with Crippen LogP contribution in [0.5, 0.6) is 5.75 Å². The molecule has 2 N–H and O–H groups in total. The van der Waals surface area contributed by atoms with Gasteiger partial charge >= 0.3 is 5.97 Å². The third kappa shape index (κ3) is 5.21. The zero-order chi connectivity index (χ0) is 24.8. The van der Waals surface area contributed by atoms with Gasteiger partial charge in [-0.3, -0.25) is 9.59 Å². The highest BCUT2D eigenvalue weighted by molar-refractivity contribution is 5.83. The standard InChI is InChI=1S/C25H32N6O4/c1-3-4-13-31-20(32)11-10-18(22(31)17-8-5-6-9-19(17)34-2)25(33)35-14-7-12-30-16-29-21-23(26)27-15-28-24(21)30/h5-6,8-9,15-16,18,22H,3-4,7,10-14H2,1-2H3,(H2,26,27,28). The second-order valence-corrected chi connectivity index (χ2v) is 8.66. The maximum atomic E-state index is 13.3. The van der Waals surface area contributed by atoms with Crippen LogP contribution in [-0.2, 0) is 20.9 Å². The highest BCUT2D eigenvalue weighted by atomic mass is 16.5. The van der Waals surface area contributed by atoms with E-state index in [0.717, 1.165) is 18.4 Å². The van der Waals surface area contributed by atoms with Gasteiger partial charge in [-0.2, -0.15) is 0 Å². The maximum Gasteiger partial charge on any atom is 0.311 e. The summed E-state index contributed by atoms with van der Waals surface area (Å²) in [6.07, 6.45) is 6.26. The normalized spacial score (nSPS) is 18.1. The van der Waals surface area contributed by atoms with Gasteiger partial charge < -0.3 is 24.7 Å². The van der Waals surface area contributed by atoms with Gasteiger partial charge in [0.05, 0.1) is 32.0 Å². The Balaban J connectivity index is 1.46. The number of nitrogens with zero attached hydrogens (tertiary/aromatic N) is 5. The Morgan fingerprint density at radius 1 is 1.17 bits per heavy atom. The number of anilines is 1. The number of likely N-dealkylation sites (tertiary alicyclic amines) is 1. The Morgan fingerprint density at radius 3 is 2.80 bits per heavy atom. The molecular formula is C25H32N6O4. The number of nitrogen functional groups attached to an aromatic ring is 1. The van der Waals surface area contributed by atoms with Crippen molar-refractivity contribution >= 4 is 28.9 Å². The van der Waals surface area contributed by atoms with Gasteiger partial charge in [-0.25, -0.2) is 15.0 Å². The summed E-state index contributed by atoms with van der Waals surface area (Å²) in [5, 5.41) is 0. The number of aryl methyl sites for hydroxylation is 1. The average Bonchev–Trinajstić information content (AvgIpc) is 3.30. The van der Waals surface area contributed by atoms with Crippen LogP contribution in [0.4, 0.5) is 5.82 Å². The molecule has 3 heterocycles. The Kier molecular flexibility index (Phi) is 7.79. The molecule has 1 amide bonds. The molecule has 2 atom stereocenters. The van der Waals surface area contributed by atoms with Gasteiger partial charge in [-0.15, -0.1) is 0 Å². The molecule has 1 aliphatic rings. The Hall–Kier alpha value is -3.69. The van der Waals surface area contributed by atoms with E-state index in [-0.39, 0.29) is 18.5 Å². The summed E-state index contributed by atoms with van der Waals surface area (Å²) in [5.41, 5.74) is 7.89. The lowest BCUT2D eigenvalue weighted by molar-refractivity contribution is -0.157. The number of unbranched alkanes of at least 4 members (excludes halogenated alkanes) is 1. The Morgan fingerprint density at radius 2 is 2.00 bits per heavy atom. The number of amides is 1. The van der Waals surface area contributed by atoms with Gasteiger partial charge in [-0.1, -0.05) is 31.5 Å². The molecule has 3 aromatic rings. The molecule has 0 aliphatic carbocycles. The lowest BCUT2D eigenvalue weighted by Crippen LogP contribution is -2.46. The molecule has 186 valence electrons. The molecule has 2 aromatic heterocycles. The fourth-order valence-corrected chi connectivity index (χ4v) is 4.66. The molecule has 35 heavy (non-hydrogen) atoms. The SMILES string of the molecule is CCCCN1C(=O)CCC(C(=O)OCCCn2cnc3c(N)ncnc32)C1c1ccccc1OC. The number of nitrogens with two attached hydrogens (primary N) is 1. The monoisotopic (exact) mass is 480 g/mol. The number of hydrogen-bond donors (Lipinski definition) is 1. The number of ether oxygens (including phenoxy) is 2. The van der Waals surface area contributed by atoms with E-state index in [9.17, 15) is 9.59 Å². The van der Waals surface area contributed by atoms with Gasteiger partial charge in [0.1, 0.15) is 17.6 Å². The van der Waals surface area contributed by atoms with E-state index in [0.29, 0.717) is 55.1 Å². The summed E-state index contributed by atoms with van der Waals surface area (Å²) >= 11 is 0.